The molecule has 1 aliphatic heterocycles. The Hall–Kier alpha value is -1.67. The Morgan fingerprint density at radius 1 is 1.62 bits per heavy atom. The molecule has 84 valence electrons. The second-order valence-electron chi connectivity index (χ2n) is 3.88. The van der Waals surface area contributed by atoms with Crippen LogP contribution in [0.2, 0.25) is 0 Å². The largest absolute Gasteiger partial charge is 0.378 e. The number of hydrogen-bond acceptors (Lipinski definition) is 4. The maximum Gasteiger partial charge on any atom is 0.268 e. The van der Waals surface area contributed by atoms with Gasteiger partial charge in [-0.1, -0.05) is 0 Å². The van der Waals surface area contributed by atoms with Crippen LogP contribution in [0.3, 0.4) is 0 Å². The van der Waals surface area contributed by atoms with E-state index in [0.29, 0.717) is 12.2 Å². The zero-order valence-corrected chi connectivity index (χ0v) is 8.90. The minimum atomic E-state index is -0.372. The van der Waals surface area contributed by atoms with E-state index >= 15 is 0 Å². The van der Waals surface area contributed by atoms with Crippen LogP contribution in [0, 0.1) is 11.3 Å². The van der Waals surface area contributed by atoms with Crippen LogP contribution in [0.4, 0.5) is 0 Å². The summed E-state index contributed by atoms with van der Waals surface area (Å²) < 4.78 is 5.55. The molecule has 1 unspecified atom stereocenters. The van der Waals surface area contributed by atoms with Gasteiger partial charge in [0.1, 0.15) is 17.5 Å². The smallest absolute Gasteiger partial charge is 0.268 e. The van der Waals surface area contributed by atoms with E-state index in [1.807, 2.05) is 0 Å². The Labute approximate surface area is 93.1 Å². The number of nitriles is 1. The summed E-state index contributed by atoms with van der Waals surface area (Å²) in [7, 11) is 0. The van der Waals surface area contributed by atoms with Gasteiger partial charge in [0.05, 0.1) is 12.3 Å². The van der Waals surface area contributed by atoms with Crippen LogP contribution in [-0.2, 0) is 11.2 Å². The maximum absolute atomic E-state index is 11.4. The average molecular weight is 219 g/mol. The molecule has 0 radical (unpaired) electrons. The summed E-state index contributed by atoms with van der Waals surface area (Å²) in [6, 6.07) is 1.79. The molecule has 1 fully saturated rings. The minimum absolute atomic E-state index is 0.0494. The van der Waals surface area contributed by atoms with Crippen LogP contribution >= 0.6 is 0 Å². The summed E-state index contributed by atoms with van der Waals surface area (Å²) in [5.74, 6) is 0.593. The molecule has 1 aromatic heterocycles. The highest BCUT2D eigenvalue weighted by molar-refractivity contribution is 5.22. The molecule has 2 rings (SSSR count). The third kappa shape index (κ3) is 2.47. The van der Waals surface area contributed by atoms with Gasteiger partial charge >= 0.3 is 0 Å². The Bertz CT molecular complexity index is 455. The van der Waals surface area contributed by atoms with Gasteiger partial charge in [-0.2, -0.15) is 5.26 Å². The third-order valence-corrected chi connectivity index (χ3v) is 2.67. The first kappa shape index (κ1) is 10.8. The van der Waals surface area contributed by atoms with Crippen LogP contribution in [0.1, 0.15) is 30.7 Å². The van der Waals surface area contributed by atoms with Crippen LogP contribution in [0.5, 0.6) is 0 Å². The van der Waals surface area contributed by atoms with Gasteiger partial charge in [0, 0.05) is 13.0 Å². The second-order valence-corrected chi connectivity index (χ2v) is 3.88. The summed E-state index contributed by atoms with van der Waals surface area (Å²) in [4.78, 5) is 18.0. The molecule has 5 nitrogen and oxygen atoms in total. The van der Waals surface area contributed by atoms with Crippen molar-refractivity contribution >= 4 is 0 Å². The van der Waals surface area contributed by atoms with Gasteiger partial charge in [0.25, 0.3) is 5.56 Å². The topological polar surface area (TPSA) is 78.8 Å². The van der Waals surface area contributed by atoms with E-state index < -0.39 is 0 Å². The van der Waals surface area contributed by atoms with Crippen molar-refractivity contribution in [2.24, 2.45) is 0 Å². The van der Waals surface area contributed by atoms with Crippen molar-refractivity contribution in [2.45, 2.75) is 31.8 Å². The van der Waals surface area contributed by atoms with Crippen molar-refractivity contribution in [3.63, 3.8) is 0 Å². The predicted octanol–water partition coefficient (Wildman–Crippen LogP) is 0.753. The van der Waals surface area contributed by atoms with Gasteiger partial charge in [-0.3, -0.25) is 4.79 Å². The molecule has 1 atom stereocenters. The number of aromatic nitrogens is 2. The lowest BCUT2D eigenvalue weighted by atomic mass is 10.1. The van der Waals surface area contributed by atoms with E-state index in [9.17, 15) is 4.79 Å². The molecule has 1 aromatic rings. The molecule has 0 aromatic carbocycles. The standard InChI is InChI=1S/C11H13N3O2/c12-6-8-7-13-10(14-11(8)15)5-9-3-1-2-4-16-9/h7,9H,1-5H2,(H,13,14,15). The van der Waals surface area contributed by atoms with Crippen molar-refractivity contribution in [1.82, 2.24) is 9.97 Å². The fraction of sp³-hybridized carbons (Fsp3) is 0.545. The number of rotatable bonds is 2. The number of aromatic amines is 1. The number of H-pyrrole nitrogens is 1. The van der Waals surface area contributed by atoms with Gasteiger partial charge < -0.3 is 9.72 Å². The number of nitrogens with zero attached hydrogens (tertiary/aromatic N) is 2. The summed E-state index contributed by atoms with van der Waals surface area (Å²) in [6.45, 7) is 0.783. The summed E-state index contributed by atoms with van der Waals surface area (Å²) in [5, 5.41) is 8.60. The zero-order valence-electron chi connectivity index (χ0n) is 8.90. The lowest BCUT2D eigenvalue weighted by molar-refractivity contribution is 0.0156. The van der Waals surface area contributed by atoms with Crippen molar-refractivity contribution < 1.29 is 4.74 Å². The monoisotopic (exact) mass is 219 g/mol. The fourth-order valence-corrected chi connectivity index (χ4v) is 1.80. The molecule has 2 heterocycles. The molecule has 0 saturated carbocycles. The van der Waals surface area contributed by atoms with E-state index in [2.05, 4.69) is 9.97 Å². The average Bonchev–Trinajstić information content (AvgIpc) is 2.31. The molecular formula is C11H13N3O2. The molecule has 0 bridgehead atoms. The normalized spacial score (nSPS) is 20.3. The van der Waals surface area contributed by atoms with Crippen molar-refractivity contribution in [3.8, 4) is 6.07 Å². The summed E-state index contributed by atoms with van der Waals surface area (Å²) in [5.41, 5.74) is -0.323. The van der Waals surface area contributed by atoms with Crippen molar-refractivity contribution in [1.29, 1.82) is 5.26 Å². The van der Waals surface area contributed by atoms with E-state index in [0.717, 1.165) is 25.9 Å². The summed E-state index contributed by atoms with van der Waals surface area (Å²) in [6.07, 6.45) is 5.34. The highest BCUT2D eigenvalue weighted by atomic mass is 16.5. The summed E-state index contributed by atoms with van der Waals surface area (Å²) >= 11 is 0. The van der Waals surface area contributed by atoms with Gasteiger partial charge in [-0.25, -0.2) is 4.98 Å². The van der Waals surface area contributed by atoms with Crippen LogP contribution in [-0.4, -0.2) is 22.7 Å². The van der Waals surface area contributed by atoms with Crippen molar-refractivity contribution in [2.75, 3.05) is 6.61 Å². The molecule has 0 aliphatic carbocycles. The third-order valence-electron chi connectivity index (χ3n) is 2.67. The van der Waals surface area contributed by atoms with E-state index in [4.69, 9.17) is 10.00 Å². The first-order chi connectivity index (χ1) is 7.79. The Kier molecular flexibility index (Phi) is 3.32. The molecule has 0 amide bonds. The van der Waals surface area contributed by atoms with Crippen LogP contribution in [0.15, 0.2) is 11.0 Å². The van der Waals surface area contributed by atoms with Gasteiger partial charge in [0.2, 0.25) is 0 Å². The maximum atomic E-state index is 11.4. The number of hydrogen-bond donors (Lipinski definition) is 1. The Morgan fingerprint density at radius 2 is 2.50 bits per heavy atom. The van der Waals surface area contributed by atoms with Gasteiger partial charge in [-0.05, 0) is 19.3 Å². The lowest BCUT2D eigenvalue weighted by Gasteiger charge is -2.21. The van der Waals surface area contributed by atoms with E-state index in [1.165, 1.54) is 6.20 Å². The fourth-order valence-electron chi connectivity index (χ4n) is 1.80. The molecule has 1 N–H and O–H groups in total. The lowest BCUT2D eigenvalue weighted by Crippen LogP contribution is -2.24. The van der Waals surface area contributed by atoms with Crippen LogP contribution < -0.4 is 5.56 Å². The number of nitrogens with one attached hydrogen (secondary N) is 1. The predicted molar refractivity (Wildman–Crippen MR) is 56.9 cm³/mol. The van der Waals surface area contributed by atoms with E-state index in [-0.39, 0.29) is 17.2 Å². The number of ether oxygens (including phenoxy) is 1. The molecule has 16 heavy (non-hydrogen) atoms. The molecule has 1 aliphatic rings. The molecule has 1 saturated heterocycles. The molecule has 0 spiro atoms. The first-order valence-corrected chi connectivity index (χ1v) is 5.39. The second kappa shape index (κ2) is 4.90. The molecular weight excluding hydrogens is 206 g/mol. The van der Waals surface area contributed by atoms with Gasteiger partial charge in [-0.15, -0.1) is 0 Å². The molecule has 5 heteroatoms. The van der Waals surface area contributed by atoms with Crippen molar-refractivity contribution in [3.05, 3.63) is 27.9 Å². The Balaban J connectivity index is 2.07. The first-order valence-electron chi connectivity index (χ1n) is 5.39. The van der Waals surface area contributed by atoms with Crippen LogP contribution in [0.25, 0.3) is 0 Å². The minimum Gasteiger partial charge on any atom is -0.378 e. The zero-order chi connectivity index (χ0) is 11.4. The SMILES string of the molecule is N#Cc1cnc(CC2CCCCO2)[nH]c1=O. The Morgan fingerprint density at radius 3 is 3.12 bits per heavy atom. The quantitative estimate of drug-likeness (QED) is 0.796. The highest BCUT2D eigenvalue weighted by Crippen LogP contribution is 2.15. The van der Waals surface area contributed by atoms with E-state index in [1.54, 1.807) is 6.07 Å². The van der Waals surface area contributed by atoms with Gasteiger partial charge in [0.15, 0.2) is 0 Å². The highest BCUT2D eigenvalue weighted by Gasteiger charge is 2.15.